The Balaban J connectivity index is 2.25. The average molecular weight is 339 g/mol. The number of benzene rings is 2. The highest BCUT2D eigenvalue weighted by atomic mass is 79.9. The number of aliphatic hydroxyl groups excluding tert-OH is 1. The molecule has 20 heavy (non-hydrogen) atoms. The lowest BCUT2D eigenvalue weighted by atomic mass is 9.99. The molecule has 0 saturated heterocycles. The molecule has 2 aromatic carbocycles. The first-order valence-electron chi connectivity index (χ1n) is 6.28. The number of hydrogen-bond donors (Lipinski definition) is 1. The van der Waals surface area contributed by atoms with Crippen molar-refractivity contribution in [3.63, 3.8) is 0 Å². The number of ether oxygens (including phenoxy) is 1. The lowest BCUT2D eigenvalue weighted by Crippen LogP contribution is -2.05. The summed E-state index contributed by atoms with van der Waals surface area (Å²) in [4.78, 5) is 0. The van der Waals surface area contributed by atoms with Gasteiger partial charge in [0.25, 0.3) is 0 Å². The molecule has 0 aromatic heterocycles. The zero-order chi connectivity index (χ0) is 14.7. The Hall–Kier alpha value is -1.39. The van der Waals surface area contributed by atoms with Crippen molar-refractivity contribution in [3.8, 4) is 5.75 Å². The summed E-state index contributed by atoms with van der Waals surface area (Å²) in [5, 5.41) is 10.4. The van der Waals surface area contributed by atoms with Crippen molar-refractivity contribution >= 4 is 15.9 Å². The Kier molecular flexibility index (Phi) is 4.78. The molecule has 1 atom stereocenters. The van der Waals surface area contributed by atoms with Crippen LogP contribution in [0.3, 0.4) is 0 Å². The van der Waals surface area contributed by atoms with Crippen molar-refractivity contribution < 1.29 is 14.2 Å². The van der Waals surface area contributed by atoms with Crippen LogP contribution in [0.5, 0.6) is 5.75 Å². The summed E-state index contributed by atoms with van der Waals surface area (Å²) < 4.78 is 18.9. The Labute approximate surface area is 126 Å². The van der Waals surface area contributed by atoms with E-state index in [1.807, 2.05) is 25.1 Å². The molecule has 0 aliphatic carbocycles. The number of aliphatic hydroxyl groups is 1. The molecule has 0 aliphatic rings. The third kappa shape index (κ3) is 3.38. The SMILES string of the molecule is COc1ccc(C)cc1C(O)Cc1ccc(F)c(Br)c1. The molecule has 0 fully saturated rings. The van der Waals surface area contributed by atoms with E-state index in [1.165, 1.54) is 6.07 Å². The van der Waals surface area contributed by atoms with Gasteiger partial charge in [-0.15, -0.1) is 0 Å². The van der Waals surface area contributed by atoms with Gasteiger partial charge in [0, 0.05) is 12.0 Å². The van der Waals surface area contributed by atoms with Gasteiger partial charge in [-0.3, -0.25) is 0 Å². The number of methoxy groups -OCH3 is 1. The first-order valence-corrected chi connectivity index (χ1v) is 7.07. The molecule has 1 unspecified atom stereocenters. The first-order chi connectivity index (χ1) is 9.51. The van der Waals surface area contributed by atoms with Crippen LogP contribution in [0.15, 0.2) is 40.9 Å². The minimum Gasteiger partial charge on any atom is -0.496 e. The molecule has 0 radical (unpaired) electrons. The molecule has 0 bridgehead atoms. The molecule has 0 saturated carbocycles. The second kappa shape index (κ2) is 6.37. The zero-order valence-electron chi connectivity index (χ0n) is 11.4. The largest absolute Gasteiger partial charge is 0.496 e. The smallest absolute Gasteiger partial charge is 0.137 e. The first kappa shape index (κ1) is 15.0. The minimum absolute atomic E-state index is 0.309. The van der Waals surface area contributed by atoms with E-state index in [0.29, 0.717) is 16.6 Å². The van der Waals surface area contributed by atoms with E-state index in [2.05, 4.69) is 15.9 Å². The molecular weight excluding hydrogens is 323 g/mol. The molecule has 106 valence electrons. The quantitative estimate of drug-likeness (QED) is 0.905. The summed E-state index contributed by atoms with van der Waals surface area (Å²) in [5.74, 6) is 0.348. The van der Waals surface area contributed by atoms with E-state index < -0.39 is 6.10 Å². The van der Waals surface area contributed by atoms with Crippen molar-refractivity contribution in [3.05, 3.63) is 63.4 Å². The fraction of sp³-hybridized carbons (Fsp3) is 0.250. The van der Waals surface area contributed by atoms with Gasteiger partial charge in [0.2, 0.25) is 0 Å². The Morgan fingerprint density at radius 3 is 2.65 bits per heavy atom. The summed E-state index contributed by atoms with van der Waals surface area (Å²) in [6, 6.07) is 10.4. The van der Waals surface area contributed by atoms with E-state index in [9.17, 15) is 9.50 Å². The predicted octanol–water partition coefficient (Wildman–Crippen LogP) is 4.18. The maximum atomic E-state index is 13.2. The predicted molar refractivity (Wildman–Crippen MR) is 80.5 cm³/mol. The highest BCUT2D eigenvalue weighted by Crippen LogP contribution is 2.29. The van der Waals surface area contributed by atoms with Crippen LogP contribution < -0.4 is 4.74 Å². The van der Waals surface area contributed by atoms with Crippen LogP contribution in [0.25, 0.3) is 0 Å². The standard InChI is InChI=1S/C16H16BrFO2/c1-10-3-6-16(20-2)12(7-10)15(19)9-11-4-5-14(18)13(17)8-11/h3-8,15,19H,9H2,1-2H3. The summed E-state index contributed by atoms with van der Waals surface area (Å²) in [5.41, 5.74) is 2.66. The second-order valence-electron chi connectivity index (χ2n) is 4.71. The number of halogens is 2. The van der Waals surface area contributed by atoms with Gasteiger partial charge in [-0.05, 0) is 52.7 Å². The highest BCUT2D eigenvalue weighted by molar-refractivity contribution is 9.10. The molecule has 0 aliphatic heterocycles. The molecule has 1 N–H and O–H groups in total. The third-order valence-electron chi connectivity index (χ3n) is 3.16. The fourth-order valence-corrected chi connectivity index (χ4v) is 2.54. The number of rotatable bonds is 4. The van der Waals surface area contributed by atoms with Crippen molar-refractivity contribution in [1.29, 1.82) is 0 Å². The summed E-state index contributed by atoms with van der Waals surface area (Å²) in [6.07, 6.45) is -0.291. The molecular formula is C16H16BrFO2. The van der Waals surface area contributed by atoms with Crippen LogP contribution in [0.2, 0.25) is 0 Å². The fourth-order valence-electron chi connectivity index (χ4n) is 2.11. The van der Waals surface area contributed by atoms with E-state index in [0.717, 1.165) is 16.7 Å². The van der Waals surface area contributed by atoms with Crippen LogP contribution in [0.4, 0.5) is 4.39 Å². The van der Waals surface area contributed by atoms with Crippen LogP contribution in [0, 0.1) is 12.7 Å². The van der Waals surface area contributed by atoms with Gasteiger partial charge in [-0.2, -0.15) is 0 Å². The van der Waals surface area contributed by atoms with E-state index in [-0.39, 0.29) is 5.82 Å². The number of hydrogen-bond acceptors (Lipinski definition) is 2. The lowest BCUT2D eigenvalue weighted by Gasteiger charge is -2.16. The molecule has 4 heteroatoms. The molecule has 0 amide bonds. The summed E-state index contributed by atoms with van der Waals surface area (Å²) in [7, 11) is 1.58. The van der Waals surface area contributed by atoms with Gasteiger partial charge in [0.1, 0.15) is 11.6 Å². The van der Waals surface area contributed by atoms with Gasteiger partial charge >= 0.3 is 0 Å². The Bertz CT molecular complexity index is 613. The van der Waals surface area contributed by atoms with E-state index >= 15 is 0 Å². The van der Waals surface area contributed by atoms with Crippen molar-refractivity contribution in [2.24, 2.45) is 0 Å². The maximum Gasteiger partial charge on any atom is 0.137 e. The van der Waals surface area contributed by atoms with Gasteiger partial charge < -0.3 is 9.84 Å². The Morgan fingerprint density at radius 1 is 1.25 bits per heavy atom. The van der Waals surface area contributed by atoms with Crippen molar-refractivity contribution in [2.45, 2.75) is 19.4 Å². The minimum atomic E-state index is -0.692. The summed E-state index contributed by atoms with van der Waals surface area (Å²) in [6.45, 7) is 1.96. The van der Waals surface area contributed by atoms with E-state index in [1.54, 1.807) is 19.2 Å². The topological polar surface area (TPSA) is 29.5 Å². The average Bonchev–Trinajstić information content (AvgIpc) is 2.43. The summed E-state index contributed by atoms with van der Waals surface area (Å²) >= 11 is 3.15. The van der Waals surface area contributed by atoms with Gasteiger partial charge in [-0.1, -0.05) is 17.7 Å². The van der Waals surface area contributed by atoms with Crippen LogP contribution in [0.1, 0.15) is 22.8 Å². The monoisotopic (exact) mass is 338 g/mol. The molecule has 2 rings (SSSR count). The zero-order valence-corrected chi connectivity index (χ0v) is 12.9. The van der Waals surface area contributed by atoms with Gasteiger partial charge in [0.05, 0.1) is 17.7 Å². The van der Waals surface area contributed by atoms with E-state index in [4.69, 9.17) is 4.74 Å². The maximum absolute atomic E-state index is 13.2. The number of aryl methyl sites for hydroxylation is 1. The second-order valence-corrected chi connectivity index (χ2v) is 5.57. The van der Waals surface area contributed by atoms with Crippen molar-refractivity contribution in [1.82, 2.24) is 0 Å². The van der Waals surface area contributed by atoms with Gasteiger partial charge in [0.15, 0.2) is 0 Å². The molecule has 0 heterocycles. The van der Waals surface area contributed by atoms with Crippen molar-refractivity contribution in [2.75, 3.05) is 7.11 Å². The highest BCUT2D eigenvalue weighted by Gasteiger charge is 2.15. The molecule has 2 nitrogen and oxygen atoms in total. The molecule has 2 aromatic rings. The normalized spacial score (nSPS) is 12.2. The van der Waals surface area contributed by atoms with Gasteiger partial charge in [-0.25, -0.2) is 4.39 Å². The third-order valence-corrected chi connectivity index (χ3v) is 3.76. The van der Waals surface area contributed by atoms with Crippen LogP contribution in [-0.2, 0) is 6.42 Å². The lowest BCUT2D eigenvalue weighted by molar-refractivity contribution is 0.174. The molecule has 0 spiro atoms. The Morgan fingerprint density at radius 2 is 2.00 bits per heavy atom. The van der Waals surface area contributed by atoms with Crippen LogP contribution >= 0.6 is 15.9 Å². The van der Waals surface area contributed by atoms with Crippen LogP contribution in [-0.4, -0.2) is 12.2 Å².